The van der Waals surface area contributed by atoms with Crippen molar-refractivity contribution in [3.8, 4) is 11.8 Å². The fourth-order valence-corrected chi connectivity index (χ4v) is 4.01. The van der Waals surface area contributed by atoms with Gasteiger partial charge in [0.25, 0.3) is 5.91 Å². The number of pyridine rings is 1. The van der Waals surface area contributed by atoms with Crippen LogP contribution in [0.15, 0.2) is 53.3 Å². The maximum absolute atomic E-state index is 12.7. The smallest absolute Gasteiger partial charge is 0.270 e. The van der Waals surface area contributed by atoms with Crippen molar-refractivity contribution < 1.29 is 9.21 Å². The molecule has 2 aliphatic rings. The van der Waals surface area contributed by atoms with E-state index in [1.807, 2.05) is 30.3 Å². The molecule has 134 valence electrons. The second kappa shape index (κ2) is 6.57. The van der Waals surface area contributed by atoms with Crippen LogP contribution < -0.4 is 5.32 Å². The van der Waals surface area contributed by atoms with E-state index in [0.717, 1.165) is 36.1 Å². The van der Waals surface area contributed by atoms with Crippen LogP contribution in [0.1, 0.15) is 28.0 Å². The molecule has 5 nitrogen and oxygen atoms in total. The van der Waals surface area contributed by atoms with Crippen molar-refractivity contribution in [1.29, 1.82) is 0 Å². The monoisotopic (exact) mass is 357 g/mol. The van der Waals surface area contributed by atoms with Gasteiger partial charge in [0.1, 0.15) is 12.0 Å². The van der Waals surface area contributed by atoms with E-state index in [0.29, 0.717) is 17.2 Å². The lowest BCUT2D eigenvalue weighted by Crippen LogP contribution is -2.43. The summed E-state index contributed by atoms with van der Waals surface area (Å²) in [5.74, 6) is 6.71. The Morgan fingerprint density at radius 1 is 1.22 bits per heavy atom. The summed E-state index contributed by atoms with van der Waals surface area (Å²) >= 11 is 0. The van der Waals surface area contributed by atoms with Gasteiger partial charge in [0, 0.05) is 30.1 Å². The second-order valence-electron chi connectivity index (χ2n) is 7.22. The van der Waals surface area contributed by atoms with E-state index < -0.39 is 0 Å². The van der Waals surface area contributed by atoms with E-state index in [9.17, 15) is 4.79 Å². The Morgan fingerprint density at radius 3 is 2.89 bits per heavy atom. The molecule has 0 aliphatic carbocycles. The summed E-state index contributed by atoms with van der Waals surface area (Å²) in [5, 5.41) is 3.97. The summed E-state index contributed by atoms with van der Waals surface area (Å²) in [6, 6.07) is 11.8. The van der Waals surface area contributed by atoms with E-state index in [1.165, 1.54) is 6.42 Å². The lowest BCUT2D eigenvalue weighted by Gasteiger charge is -2.22. The van der Waals surface area contributed by atoms with Gasteiger partial charge in [-0.05, 0) is 37.1 Å². The number of aromatic nitrogens is 1. The van der Waals surface area contributed by atoms with Gasteiger partial charge in [-0.15, -0.1) is 0 Å². The highest BCUT2D eigenvalue weighted by molar-refractivity contribution is 5.97. The molecule has 1 aromatic carbocycles. The number of carbonyl (C=O) groups excluding carboxylic acids is 1. The molecule has 5 rings (SSSR count). The molecule has 3 unspecified atom stereocenters. The number of nitrogens with zero attached hydrogens (tertiary/aromatic N) is 2. The first kappa shape index (κ1) is 16.1. The van der Waals surface area contributed by atoms with Gasteiger partial charge >= 0.3 is 0 Å². The quantitative estimate of drug-likeness (QED) is 0.717. The molecule has 2 aromatic heterocycles. The Morgan fingerprint density at radius 2 is 2.11 bits per heavy atom. The number of piperidine rings is 1. The maximum Gasteiger partial charge on any atom is 0.270 e. The minimum Gasteiger partial charge on any atom is -0.461 e. The minimum absolute atomic E-state index is 0.126. The Bertz CT molecular complexity index is 1060. The van der Waals surface area contributed by atoms with Gasteiger partial charge in [0.15, 0.2) is 5.58 Å². The molecule has 3 aromatic rings. The Labute approximate surface area is 157 Å². The van der Waals surface area contributed by atoms with Crippen molar-refractivity contribution in [3.63, 3.8) is 0 Å². The molecule has 0 radical (unpaired) electrons. The molecule has 27 heavy (non-hydrogen) atoms. The summed E-state index contributed by atoms with van der Waals surface area (Å²) in [4.78, 5) is 19.4. The van der Waals surface area contributed by atoms with E-state index in [1.54, 1.807) is 18.5 Å². The SMILES string of the molecule is O=C(NC1CN2CCC1C2)c1cc2c(C#Cc3ccccc3)coc2cn1. The number of furan rings is 1. The van der Waals surface area contributed by atoms with Gasteiger partial charge in [-0.2, -0.15) is 0 Å². The van der Waals surface area contributed by atoms with Crippen LogP contribution in [0.4, 0.5) is 0 Å². The minimum atomic E-state index is -0.126. The number of nitrogens with one attached hydrogen (secondary N) is 1. The number of fused-ring (bicyclic) bond motifs is 3. The number of carbonyl (C=O) groups is 1. The third kappa shape index (κ3) is 3.09. The van der Waals surface area contributed by atoms with Crippen molar-refractivity contribution in [1.82, 2.24) is 15.2 Å². The zero-order chi connectivity index (χ0) is 18.2. The maximum atomic E-state index is 12.7. The zero-order valence-electron chi connectivity index (χ0n) is 14.8. The predicted molar refractivity (Wildman–Crippen MR) is 102 cm³/mol. The van der Waals surface area contributed by atoms with E-state index in [-0.39, 0.29) is 11.9 Å². The van der Waals surface area contributed by atoms with Crippen molar-refractivity contribution in [3.05, 3.63) is 65.7 Å². The largest absolute Gasteiger partial charge is 0.461 e. The predicted octanol–water partition coefficient (Wildman–Crippen LogP) is 2.66. The Kier molecular flexibility index (Phi) is 3.92. The molecule has 3 atom stereocenters. The molecule has 1 amide bonds. The van der Waals surface area contributed by atoms with Crippen LogP contribution in [0.5, 0.6) is 0 Å². The van der Waals surface area contributed by atoms with Crippen LogP contribution in [-0.2, 0) is 0 Å². The molecule has 4 heterocycles. The highest BCUT2D eigenvalue weighted by Gasteiger charge is 2.38. The summed E-state index contributed by atoms with van der Waals surface area (Å²) in [7, 11) is 0. The number of hydrogen-bond acceptors (Lipinski definition) is 4. The van der Waals surface area contributed by atoms with Gasteiger partial charge < -0.3 is 14.6 Å². The number of hydrogen-bond donors (Lipinski definition) is 1. The molecular weight excluding hydrogens is 338 g/mol. The van der Waals surface area contributed by atoms with Crippen LogP contribution in [0, 0.1) is 17.8 Å². The molecule has 0 saturated carbocycles. The first-order chi connectivity index (χ1) is 13.3. The fraction of sp³-hybridized carbons (Fsp3) is 0.273. The molecule has 2 bridgehead atoms. The number of rotatable bonds is 2. The van der Waals surface area contributed by atoms with Crippen LogP contribution >= 0.6 is 0 Å². The molecule has 5 heteroatoms. The van der Waals surface area contributed by atoms with Gasteiger partial charge in [0.05, 0.1) is 11.8 Å². The van der Waals surface area contributed by atoms with Gasteiger partial charge in [-0.3, -0.25) is 4.79 Å². The molecule has 1 N–H and O–H groups in total. The summed E-state index contributed by atoms with van der Waals surface area (Å²) in [5.41, 5.74) is 2.74. The van der Waals surface area contributed by atoms with Gasteiger partial charge in [0.2, 0.25) is 0 Å². The molecule has 0 spiro atoms. The molecular formula is C22H19N3O2. The third-order valence-electron chi connectivity index (χ3n) is 5.46. The summed E-state index contributed by atoms with van der Waals surface area (Å²) in [6.45, 7) is 3.19. The molecule has 2 aliphatic heterocycles. The van der Waals surface area contributed by atoms with Crippen LogP contribution in [0.2, 0.25) is 0 Å². The molecule has 2 saturated heterocycles. The average molecular weight is 357 g/mol. The van der Waals surface area contributed by atoms with E-state index in [4.69, 9.17) is 4.42 Å². The lowest BCUT2D eigenvalue weighted by molar-refractivity contribution is 0.0919. The third-order valence-corrected chi connectivity index (χ3v) is 5.46. The van der Waals surface area contributed by atoms with Crippen LogP contribution in [0.3, 0.4) is 0 Å². The number of amides is 1. The standard InChI is InChI=1S/C22H19N3O2/c26-22(24-20-13-25-9-8-16(20)12-25)19-10-18-17(14-27-21(18)11-23-19)7-6-15-4-2-1-3-5-15/h1-5,10-11,14,16,20H,8-9,12-13H2,(H,24,26). The highest BCUT2D eigenvalue weighted by atomic mass is 16.3. The summed E-state index contributed by atoms with van der Waals surface area (Å²) < 4.78 is 5.54. The van der Waals surface area contributed by atoms with Crippen molar-refractivity contribution >= 4 is 16.9 Å². The average Bonchev–Trinajstić information content (AvgIpc) is 3.42. The van der Waals surface area contributed by atoms with Crippen LogP contribution in [0.25, 0.3) is 11.0 Å². The topological polar surface area (TPSA) is 58.4 Å². The number of benzene rings is 1. The zero-order valence-corrected chi connectivity index (χ0v) is 14.8. The van der Waals surface area contributed by atoms with E-state index >= 15 is 0 Å². The molecule has 2 fully saturated rings. The van der Waals surface area contributed by atoms with Crippen molar-refractivity contribution in [2.45, 2.75) is 12.5 Å². The first-order valence-corrected chi connectivity index (χ1v) is 9.24. The Balaban J connectivity index is 1.40. The van der Waals surface area contributed by atoms with E-state index in [2.05, 4.69) is 27.0 Å². The highest BCUT2D eigenvalue weighted by Crippen LogP contribution is 2.28. The summed E-state index contributed by atoms with van der Waals surface area (Å²) in [6.07, 6.45) is 4.38. The fourth-order valence-electron chi connectivity index (χ4n) is 4.01. The normalized spacial score (nSPS) is 23.2. The Hall–Kier alpha value is -3.10. The second-order valence-corrected chi connectivity index (χ2v) is 7.22. The van der Waals surface area contributed by atoms with Gasteiger partial charge in [-0.1, -0.05) is 30.0 Å². The van der Waals surface area contributed by atoms with Crippen molar-refractivity contribution in [2.24, 2.45) is 5.92 Å². The lowest BCUT2D eigenvalue weighted by atomic mass is 10.00. The first-order valence-electron chi connectivity index (χ1n) is 9.24. The van der Waals surface area contributed by atoms with Crippen molar-refractivity contribution in [2.75, 3.05) is 19.6 Å². The van der Waals surface area contributed by atoms with Gasteiger partial charge in [-0.25, -0.2) is 4.98 Å². The van der Waals surface area contributed by atoms with Crippen LogP contribution in [-0.4, -0.2) is 41.5 Å².